The summed E-state index contributed by atoms with van der Waals surface area (Å²) in [5.41, 5.74) is 1.49. The lowest BCUT2D eigenvalue weighted by atomic mass is 10.1. The lowest BCUT2D eigenvalue weighted by Crippen LogP contribution is -2.16. The summed E-state index contributed by atoms with van der Waals surface area (Å²) in [6, 6.07) is 7.78. The van der Waals surface area contributed by atoms with E-state index in [1.54, 1.807) is 18.2 Å². The number of halogens is 2. The summed E-state index contributed by atoms with van der Waals surface area (Å²) in [7, 11) is 0. The van der Waals surface area contributed by atoms with Gasteiger partial charge in [-0.15, -0.1) is 0 Å². The van der Waals surface area contributed by atoms with Crippen molar-refractivity contribution < 1.29 is 9.18 Å². The van der Waals surface area contributed by atoms with Gasteiger partial charge >= 0.3 is 0 Å². The second-order valence-electron chi connectivity index (χ2n) is 5.28. The molecule has 9 heteroatoms. The molecular formula is C17H10ClFN6O. The zero-order valence-electron chi connectivity index (χ0n) is 13.1. The minimum Gasteiger partial charge on any atom is -0.304 e. The van der Waals surface area contributed by atoms with Gasteiger partial charge < -0.3 is 5.32 Å². The lowest BCUT2D eigenvalue weighted by Gasteiger charge is -2.07. The second kappa shape index (κ2) is 6.49. The smallest absolute Gasteiger partial charge is 0.277 e. The molecule has 1 amide bonds. The minimum absolute atomic E-state index is 0.0370. The predicted octanol–water partition coefficient (Wildman–Crippen LogP) is 3.23. The Bertz CT molecular complexity index is 1110. The number of carbonyl (C=O) groups is 1. The van der Waals surface area contributed by atoms with E-state index >= 15 is 0 Å². The summed E-state index contributed by atoms with van der Waals surface area (Å²) in [5, 5.41) is 6.96. The first-order chi connectivity index (χ1) is 12.6. The van der Waals surface area contributed by atoms with Crippen molar-refractivity contribution in [1.29, 1.82) is 0 Å². The number of benzene rings is 1. The van der Waals surface area contributed by atoms with Crippen molar-refractivity contribution >= 4 is 29.0 Å². The van der Waals surface area contributed by atoms with Crippen molar-refractivity contribution in [2.75, 3.05) is 5.32 Å². The molecule has 0 aliphatic carbocycles. The number of anilines is 1. The van der Waals surface area contributed by atoms with Crippen molar-refractivity contribution in [3.8, 4) is 11.3 Å². The Balaban J connectivity index is 1.75. The number of nitrogens with zero attached hydrogens (tertiary/aromatic N) is 5. The molecule has 0 bridgehead atoms. The number of hydrogen-bond acceptors (Lipinski definition) is 5. The molecule has 0 saturated heterocycles. The van der Waals surface area contributed by atoms with E-state index in [9.17, 15) is 9.18 Å². The molecule has 1 aromatic carbocycles. The van der Waals surface area contributed by atoms with Crippen LogP contribution in [0.5, 0.6) is 0 Å². The highest BCUT2D eigenvalue weighted by Crippen LogP contribution is 2.28. The summed E-state index contributed by atoms with van der Waals surface area (Å²) in [6.45, 7) is 0. The monoisotopic (exact) mass is 368 g/mol. The van der Waals surface area contributed by atoms with Gasteiger partial charge in [0, 0.05) is 18.0 Å². The molecule has 128 valence electrons. The Hall–Kier alpha value is -3.39. The maximum Gasteiger partial charge on any atom is 0.277 e. The fourth-order valence-corrected chi connectivity index (χ4v) is 2.64. The maximum absolute atomic E-state index is 13.7. The van der Waals surface area contributed by atoms with Gasteiger partial charge in [0.2, 0.25) is 0 Å². The van der Waals surface area contributed by atoms with E-state index in [0.717, 1.165) is 0 Å². The molecule has 0 unspecified atom stereocenters. The number of hydrogen-bond donors (Lipinski definition) is 1. The molecule has 7 nitrogen and oxygen atoms in total. The van der Waals surface area contributed by atoms with Gasteiger partial charge in [-0.2, -0.15) is 5.10 Å². The van der Waals surface area contributed by atoms with E-state index < -0.39 is 11.7 Å². The van der Waals surface area contributed by atoms with Crippen LogP contribution in [0.1, 0.15) is 10.5 Å². The van der Waals surface area contributed by atoms with Gasteiger partial charge in [0.15, 0.2) is 17.2 Å². The van der Waals surface area contributed by atoms with E-state index in [4.69, 9.17) is 11.6 Å². The highest BCUT2D eigenvalue weighted by atomic mass is 35.5. The standard InChI is InChI=1S/C17H10ClFN6O/c18-16-10(2-1-3-11(16)19)12-4-5-15-22-8-13(25(15)24-12)17(26)23-14-9-20-6-7-21-14/h1-9H,(H,21,23,26). The molecule has 0 fully saturated rings. The van der Waals surface area contributed by atoms with Gasteiger partial charge in [-0.3, -0.25) is 9.78 Å². The third-order valence-corrected chi connectivity index (χ3v) is 4.01. The van der Waals surface area contributed by atoms with Crippen LogP contribution in [0, 0.1) is 5.82 Å². The lowest BCUT2D eigenvalue weighted by molar-refractivity contribution is 0.102. The van der Waals surface area contributed by atoms with Crippen LogP contribution in [0.2, 0.25) is 5.02 Å². The summed E-state index contributed by atoms with van der Waals surface area (Å²) in [5.74, 6) is -0.693. The highest BCUT2D eigenvalue weighted by molar-refractivity contribution is 6.33. The van der Waals surface area contributed by atoms with Gasteiger partial charge in [0.05, 0.1) is 23.1 Å². The molecule has 0 atom stereocenters. The average molecular weight is 369 g/mol. The molecule has 3 heterocycles. The van der Waals surface area contributed by atoms with Gasteiger partial charge in [-0.1, -0.05) is 23.7 Å². The number of carbonyl (C=O) groups excluding carboxylic acids is 1. The molecule has 0 spiro atoms. The zero-order valence-corrected chi connectivity index (χ0v) is 13.9. The molecule has 1 N–H and O–H groups in total. The van der Waals surface area contributed by atoms with Crippen LogP contribution in [0.25, 0.3) is 16.9 Å². The van der Waals surface area contributed by atoms with Crippen molar-refractivity contribution in [2.24, 2.45) is 0 Å². The number of fused-ring (bicyclic) bond motifs is 1. The summed E-state index contributed by atoms with van der Waals surface area (Å²) < 4.78 is 15.1. The minimum atomic E-state index is -0.544. The first-order valence-electron chi connectivity index (χ1n) is 7.50. The molecule has 0 aliphatic heterocycles. The molecule has 4 aromatic rings. The van der Waals surface area contributed by atoms with Crippen LogP contribution in [0.15, 0.2) is 55.1 Å². The number of nitrogens with one attached hydrogen (secondary N) is 1. The van der Waals surface area contributed by atoms with Crippen LogP contribution >= 0.6 is 11.6 Å². The van der Waals surface area contributed by atoms with Crippen LogP contribution in [-0.4, -0.2) is 30.5 Å². The second-order valence-corrected chi connectivity index (χ2v) is 5.66. The van der Waals surface area contributed by atoms with E-state index in [1.165, 1.54) is 41.4 Å². The Morgan fingerprint density at radius 1 is 1.12 bits per heavy atom. The summed E-state index contributed by atoms with van der Waals surface area (Å²) in [4.78, 5) is 24.5. The van der Waals surface area contributed by atoms with Crippen LogP contribution < -0.4 is 5.32 Å². The normalized spacial score (nSPS) is 10.8. The predicted molar refractivity (Wildman–Crippen MR) is 93.4 cm³/mol. The van der Waals surface area contributed by atoms with Gasteiger partial charge in [0.1, 0.15) is 5.82 Å². The third kappa shape index (κ3) is 2.86. The van der Waals surface area contributed by atoms with E-state index in [2.05, 4.69) is 25.4 Å². The quantitative estimate of drug-likeness (QED) is 0.600. The number of imidazole rings is 1. The Kier molecular flexibility index (Phi) is 4.02. The molecular weight excluding hydrogens is 359 g/mol. The molecule has 0 saturated carbocycles. The first kappa shape index (κ1) is 16.1. The number of rotatable bonds is 3. The molecule has 0 radical (unpaired) electrons. The van der Waals surface area contributed by atoms with Gasteiger partial charge in [-0.05, 0) is 18.2 Å². The average Bonchev–Trinajstić information content (AvgIpc) is 3.08. The molecule has 0 aliphatic rings. The Morgan fingerprint density at radius 2 is 2.00 bits per heavy atom. The van der Waals surface area contributed by atoms with Crippen molar-refractivity contribution in [3.05, 3.63) is 71.7 Å². The fourth-order valence-electron chi connectivity index (χ4n) is 2.42. The van der Waals surface area contributed by atoms with Crippen molar-refractivity contribution in [3.63, 3.8) is 0 Å². The number of amides is 1. The zero-order chi connectivity index (χ0) is 18.1. The van der Waals surface area contributed by atoms with Crippen molar-refractivity contribution in [1.82, 2.24) is 24.6 Å². The van der Waals surface area contributed by atoms with Crippen LogP contribution in [0.3, 0.4) is 0 Å². The maximum atomic E-state index is 13.7. The first-order valence-corrected chi connectivity index (χ1v) is 7.88. The van der Waals surface area contributed by atoms with Gasteiger partial charge in [-0.25, -0.2) is 18.9 Å². The van der Waals surface area contributed by atoms with E-state index in [-0.39, 0.29) is 10.7 Å². The van der Waals surface area contributed by atoms with Gasteiger partial charge in [0.25, 0.3) is 5.91 Å². The molecule has 3 aromatic heterocycles. The summed E-state index contributed by atoms with van der Waals surface area (Å²) in [6.07, 6.45) is 5.78. The van der Waals surface area contributed by atoms with Crippen molar-refractivity contribution in [2.45, 2.75) is 0 Å². The van der Waals surface area contributed by atoms with E-state index in [0.29, 0.717) is 22.7 Å². The van der Waals surface area contributed by atoms with Crippen LogP contribution in [-0.2, 0) is 0 Å². The number of aromatic nitrogens is 5. The van der Waals surface area contributed by atoms with Crippen LogP contribution in [0.4, 0.5) is 10.2 Å². The molecule has 26 heavy (non-hydrogen) atoms. The Morgan fingerprint density at radius 3 is 2.81 bits per heavy atom. The summed E-state index contributed by atoms with van der Waals surface area (Å²) >= 11 is 6.03. The third-order valence-electron chi connectivity index (χ3n) is 3.63. The Labute approximate surface area is 151 Å². The van der Waals surface area contributed by atoms with E-state index in [1.807, 2.05) is 0 Å². The largest absolute Gasteiger partial charge is 0.304 e. The fraction of sp³-hybridized carbons (Fsp3) is 0. The highest BCUT2D eigenvalue weighted by Gasteiger charge is 2.16. The topological polar surface area (TPSA) is 85.1 Å². The SMILES string of the molecule is O=C(Nc1cnccn1)c1cnc2ccc(-c3cccc(F)c3Cl)nn12. The molecule has 4 rings (SSSR count).